The van der Waals surface area contributed by atoms with Crippen molar-refractivity contribution in [3.63, 3.8) is 0 Å². The predicted octanol–water partition coefficient (Wildman–Crippen LogP) is 3.26. The lowest BCUT2D eigenvalue weighted by Gasteiger charge is -2.16. The SMILES string of the molecule is CC(=O)Nc1cccc(C(C)Nc2ncncc2Cl)c1. The van der Waals surface area contributed by atoms with Crippen molar-refractivity contribution < 1.29 is 4.79 Å². The van der Waals surface area contributed by atoms with Crippen LogP contribution in [0.4, 0.5) is 11.5 Å². The molecule has 1 aromatic heterocycles. The maximum Gasteiger partial charge on any atom is 0.221 e. The predicted molar refractivity (Wildman–Crippen MR) is 79.8 cm³/mol. The van der Waals surface area contributed by atoms with Crippen LogP contribution in [0.25, 0.3) is 0 Å². The van der Waals surface area contributed by atoms with E-state index < -0.39 is 0 Å². The van der Waals surface area contributed by atoms with Gasteiger partial charge in [0.25, 0.3) is 0 Å². The summed E-state index contributed by atoms with van der Waals surface area (Å²) >= 11 is 6.01. The van der Waals surface area contributed by atoms with Crippen molar-refractivity contribution in [2.75, 3.05) is 10.6 Å². The minimum Gasteiger partial charge on any atom is -0.362 e. The largest absolute Gasteiger partial charge is 0.362 e. The van der Waals surface area contributed by atoms with Gasteiger partial charge in [0.15, 0.2) is 0 Å². The zero-order chi connectivity index (χ0) is 14.5. The summed E-state index contributed by atoms with van der Waals surface area (Å²) in [6.45, 7) is 3.47. The number of aromatic nitrogens is 2. The summed E-state index contributed by atoms with van der Waals surface area (Å²) < 4.78 is 0. The van der Waals surface area contributed by atoms with E-state index in [1.165, 1.54) is 19.4 Å². The van der Waals surface area contributed by atoms with E-state index in [0.29, 0.717) is 10.8 Å². The highest BCUT2D eigenvalue weighted by atomic mass is 35.5. The minimum absolute atomic E-state index is 0.00360. The normalized spacial score (nSPS) is 11.8. The number of amides is 1. The third-order valence-corrected chi connectivity index (χ3v) is 3.00. The zero-order valence-electron chi connectivity index (χ0n) is 11.2. The van der Waals surface area contributed by atoms with Crippen molar-refractivity contribution in [2.45, 2.75) is 19.9 Å². The van der Waals surface area contributed by atoms with Gasteiger partial charge in [0.05, 0.1) is 12.2 Å². The Morgan fingerprint density at radius 2 is 2.20 bits per heavy atom. The lowest BCUT2D eigenvalue weighted by molar-refractivity contribution is -0.114. The van der Waals surface area contributed by atoms with E-state index in [-0.39, 0.29) is 11.9 Å². The van der Waals surface area contributed by atoms with Gasteiger partial charge in [-0.2, -0.15) is 0 Å². The Morgan fingerprint density at radius 1 is 1.40 bits per heavy atom. The average molecular weight is 291 g/mol. The van der Waals surface area contributed by atoms with Gasteiger partial charge in [0.1, 0.15) is 17.2 Å². The van der Waals surface area contributed by atoms with Crippen LogP contribution < -0.4 is 10.6 Å². The maximum atomic E-state index is 11.1. The maximum absolute atomic E-state index is 11.1. The second kappa shape index (κ2) is 6.34. The first-order chi connectivity index (χ1) is 9.56. The van der Waals surface area contributed by atoms with Gasteiger partial charge in [0.2, 0.25) is 5.91 Å². The third kappa shape index (κ3) is 3.68. The molecule has 0 aliphatic carbocycles. The molecule has 1 aromatic carbocycles. The molecule has 5 nitrogen and oxygen atoms in total. The van der Waals surface area contributed by atoms with Crippen molar-refractivity contribution >= 4 is 29.0 Å². The molecule has 0 aliphatic rings. The molecule has 1 atom stereocenters. The summed E-state index contributed by atoms with van der Waals surface area (Å²) in [5.41, 5.74) is 1.78. The topological polar surface area (TPSA) is 66.9 Å². The van der Waals surface area contributed by atoms with E-state index in [1.807, 2.05) is 31.2 Å². The van der Waals surface area contributed by atoms with E-state index >= 15 is 0 Å². The molecule has 0 radical (unpaired) electrons. The number of benzene rings is 1. The van der Waals surface area contributed by atoms with Crippen molar-refractivity contribution in [1.82, 2.24) is 9.97 Å². The van der Waals surface area contributed by atoms with Gasteiger partial charge in [-0.1, -0.05) is 23.7 Å². The van der Waals surface area contributed by atoms with Gasteiger partial charge in [-0.25, -0.2) is 9.97 Å². The molecule has 0 aliphatic heterocycles. The first-order valence-electron chi connectivity index (χ1n) is 6.16. The quantitative estimate of drug-likeness (QED) is 0.907. The molecule has 20 heavy (non-hydrogen) atoms. The van der Waals surface area contributed by atoms with Crippen LogP contribution in [-0.4, -0.2) is 15.9 Å². The van der Waals surface area contributed by atoms with E-state index in [9.17, 15) is 4.79 Å². The molecule has 1 heterocycles. The zero-order valence-corrected chi connectivity index (χ0v) is 12.0. The van der Waals surface area contributed by atoms with Crippen molar-refractivity contribution in [3.8, 4) is 0 Å². The molecule has 2 rings (SSSR count). The number of carbonyl (C=O) groups excluding carboxylic acids is 1. The number of anilines is 2. The molecule has 0 saturated heterocycles. The number of hydrogen-bond donors (Lipinski definition) is 2. The van der Waals surface area contributed by atoms with Crippen LogP contribution in [0.1, 0.15) is 25.5 Å². The average Bonchev–Trinajstić information content (AvgIpc) is 2.41. The van der Waals surface area contributed by atoms with Crippen LogP contribution in [-0.2, 0) is 4.79 Å². The van der Waals surface area contributed by atoms with E-state index in [4.69, 9.17) is 11.6 Å². The number of nitrogens with zero attached hydrogens (tertiary/aromatic N) is 2. The van der Waals surface area contributed by atoms with Crippen LogP contribution in [0.2, 0.25) is 5.02 Å². The third-order valence-electron chi connectivity index (χ3n) is 2.73. The molecular formula is C14H15ClN4O. The van der Waals surface area contributed by atoms with Crippen LogP contribution in [0.3, 0.4) is 0 Å². The van der Waals surface area contributed by atoms with Gasteiger partial charge in [-0.15, -0.1) is 0 Å². The summed E-state index contributed by atoms with van der Waals surface area (Å²) in [4.78, 5) is 19.0. The lowest BCUT2D eigenvalue weighted by Crippen LogP contribution is -2.10. The van der Waals surface area contributed by atoms with Crippen molar-refractivity contribution in [1.29, 1.82) is 0 Å². The highest BCUT2D eigenvalue weighted by Crippen LogP contribution is 2.24. The van der Waals surface area contributed by atoms with E-state index in [0.717, 1.165) is 11.3 Å². The molecule has 104 valence electrons. The van der Waals surface area contributed by atoms with Gasteiger partial charge in [0, 0.05) is 12.6 Å². The van der Waals surface area contributed by atoms with Gasteiger partial charge in [-0.3, -0.25) is 4.79 Å². The molecule has 1 amide bonds. The Labute approximate surface area is 122 Å². The second-order valence-corrected chi connectivity index (χ2v) is 4.80. The molecule has 2 N–H and O–H groups in total. The number of carbonyl (C=O) groups is 1. The number of nitrogens with one attached hydrogen (secondary N) is 2. The Morgan fingerprint density at radius 3 is 2.90 bits per heavy atom. The Balaban J connectivity index is 2.15. The standard InChI is InChI=1S/C14H15ClN4O/c1-9(18-14-13(15)7-16-8-17-14)11-4-3-5-12(6-11)19-10(2)20/h3-9H,1-2H3,(H,19,20)(H,16,17,18). The molecule has 6 heteroatoms. The number of hydrogen-bond acceptors (Lipinski definition) is 4. The Kier molecular flexibility index (Phi) is 4.53. The summed E-state index contributed by atoms with van der Waals surface area (Å²) in [6.07, 6.45) is 2.98. The molecule has 0 saturated carbocycles. The van der Waals surface area contributed by atoms with Crippen LogP contribution in [0.15, 0.2) is 36.8 Å². The first kappa shape index (κ1) is 14.3. The molecule has 0 bridgehead atoms. The van der Waals surface area contributed by atoms with Crippen molar-refractivity contribution in [3.05, 3.63) is 47.4 Å². The highest BCUT2D eigenvalue weighted by Gasteiger charge is 2.09. The summed E-state index contributed by atoms with van der Waals surface area (Å²) in [5.74, 6) is 0.487. The number of halogens is 1. The summed E-state index contributed by atoms with van der Waals surface area (Å²) in [6, 6.07) is 7.61. The van der Waals surface area contributed by atoms with Crippen LogP contribution in [0.5, 0.6) is 0 Å². The molecule has 0 fully saturated rings. The monoisotopic (exact) mass is 290 g/mol. The fraction of sp³-hybridized carbons (Fsp3) is 0.214. The summed E-state index contributed by atoms with van der Waals surface area (Å²) in [7, 11) is 0. The Bertz CT molecular complexity index is 618. The summed E-state index contributed by atoms with van der Waals surface area (Å²) in [5, 5.41) is 6.44. The van der Waals surface area contributed by atoms with Crippen LogP contribution in [0, 0.1) is 0 Å². The Hall–Kier alpha value is -2.14. The van der Waals surface area contributed by atoms with Gasteiger partial charge >= 0.3 is 0 Å². The van der Waals surface area contributed by atoms with E-state index in [2.05, 4.69) is 20.6 Å². The molecule has 1 unspecified atom stereocenters. The fourth-order valence-corrected chi connectivity index (χ4v) is 1.96. The highest BCUT2D eigenvalue weighted by molar-refractivity contribution is 6.32. The second-order valence-electron chi connectivity index (χ2n) is 4.39. The van der Waals surface area contributed by atoms with Gasteiger partial charge in [-0.05, 0) is 24.6 Å². The smallest absolute Gasteiger partial charge is 0.221 e. The fourth-order valence-electron chi connectivity index (χ4n) is 1.80. The van der Waals surface area contributed by atoms with E-state index in [1.54, 1.807) is 0 Å². The van der Waals surface area contributed by atoms with Crippen molar-refractivity contribution in [2.24, 2.45) is 0 Å². The molecular weight excluding hydrogens is 276 g/mol. The first-order valence-corrected chi connectivity index (χ1v) is 6.53. The molecule has 2 aromatic rings. The van der Waals surface area contributed by atoms with Gasteiger partial charge < -0.3 is 10.6 Å². The van der Waals surface area contributed by atoms with Crippen LogP contribution >= 0.6 is 11.6 Å². The number of rotatable bonds is 4. The molecule has 0 spiro atoms. The lowest BCUT2D eigenvalue weighted by atomic mass is 10.1. The minimum atomic E-state index is -0.0957.